The average Bonchev–Trinajstić information content (AvgIpc) is 3.00. The van der Waals surface area contributed by atoms with Crippen LogP contribution >= 0.6 is 0 Å². The number of nitrogens with two attached hydrogens (primary N) is 1. The molecule has 2 heterocycles. The number of nitrogens with one attached hydrogen (secondary N) is 1. The molecule has 162 valence electrons. The number of aryl methyl sites for hydroxylation is 1. The number of anilines is 3. The molecule has 0 unspecified atom stereocenters. The first-order valence-electron chi connectivity index (χ1n) is 9.85. The average molecular weight is 432 g/mol. The number of aromatic nitrogens is 3. The second kappa shape index (κ2) is 8.80. The molecule has 0 fully saturated rings. The monoisotopic (exact) mass is 432 g/mol. The number of hydrogen-bond donors (Lipinski definition) is 2. The Hall–Kier alpha value is -4.34. The van der Waals surface area contributed by atoms with Gasteiger partial charge < -0.3 is 15.8 Å². The maximum atomic E-state index is 12.5. The van der Waals surface area contributed by atoms with Gasteiger partial charge in [0.25, 0.3) is 11.8 Å². The highest BCUT2D eigenvalue weighted by molar-refractivity contribution is 6.21. The van der Waals surface area contributed by atoms with Crippen LogP contribution in [-0.4, -0.2) is 44.2 Å². The van der Waals surface area contributed by atoms with E-state index in [9.17, 15) is 14.4 Å². The molecule has 2 amide bonds. The summed E-state index contributed by atoms with van der Waals surface area (Å²) in [6, 6.07) is 14.3. The fourth-order valence-electron chi connectivity index (χ4n) is 3.24. The van der Waals surface area contributed by atoms with E-state index in [0.717, 1.165) is 16.2 Å². The Kier molecular flexibility index (Phi) is 5.75. The maximum Gasteiger partial charge on any atom is 0.308 e. The molecule has 0 radical (unpaired) electrons. The Morgan fingerprint density at radius 2 is 1.78 bits per heavy atom. The van der Waals surface area contributed by atoms with E-state index in [4.69, 9.17) is 10.5 Å². The first kappa shape index (κ1) is 20.9. The quantitative estimate of drug-likeness (QED) is 0.425. The molecule has 3 aromatic rings. The van der Waals surface area contributed by atoms with E-state index in [2.05, 4.69) is 20.3 Å². The normalized spacial score (nSPS) is 12.6. The zero-order valence-corrected chi connectivity index (χ0v) is 17.2. The van der Waals surface area contributed by atoms with Crippen LogP contribution in [0.3, 0.4) is 0 Å². The number of carbonyl (C=O) groups is 3. The molecule has 2 aromatic carbocycles. The van der Waals surface area contributed by atoms with Crippen LogP contribution in [0.1, 0.15) is 38.5 Å². The Morgan fingerprint density at radius 1 is 1.03 bits per heavy atom. The smallest absolute Gasteiger partial charge is 0.308 e. The van der Waals surface area contributed by atoms with Gasteiger partial charge in [-0.25, -0.2) is 0 Å². The summed E-state index contributed by atoms with van der Waals surface area (Å²) in [5.41, 5.74) is 8.05. The second-order valence-electron chi connectivity index (χ2n) is 7.15. The molecule has 10 heteroatoms. The van der Waals surface area contributed by atoms with Crippen LogP contribution in [0.2, 0.25) is 0 Å². The van der Waals surface area contributed by atoms with Crippen LogP contribution in [0.5, 0.6) is 0 Å². The van der Waals surface area contributed by atoms with Crippen molar-refractivity contribution in [3.8, 4) is 0 Å². The summed E-state index contributed by atoms with van der Waals surface area (Å²) in [5, 5.41) is 2.99. The number of imide groups is 1. The van der Waals surface area contributed by atoms with Crippen molar-refractivity contribution in [2.45, 2.75) is 20.0 Å². The summed E-state index contributed by atoms with van der Waals surface area (Å²) in [7, 11) is 0. The SMILES string of the molecule is Cc1ccc2c(c1)C(=O)N(CCC(=O)OCc1nc(N)nc(Nc3ccccc3)n1)C2=O. The zero-order valence-electron chi connectivity index (χ0n) is 17.2. The molecule has 0 saturated heterocycles. The van der Waals surface area contributed by atoms with E-state index in [1.165, 1.54) is 0 Å². The molecule has 10 nitrogen and oxygen atoms in total. The minimum Gasteiger partial charge on any atom is -0.457 e. The number of hydrogen-bond acceptors (Lipinski definition) is 9. The lowest BCUT2D eigenvalue weighted by molar-refractivity contribution is -0.145. The van der Waals surface area contributed by atoms with Crippen molar-refractivity contribution in [3.05, 3.63) is 71.0 Å². The van der Waals surface area contributed by atoms with Gasteiger partial charge in [0.05, 0.1) is 17.5 Å². The summed E-state index contributed by atoms with van der Waals surface area (Å²) < 4.78 is 5.19. The number of benzene rings is 2. The zero-order chi connectivity index (χ0) is 22.7. The van der Waals surface area contributed by atoms with E-state index in [0.29, 0.717) is 11.1 Å². The largest absolute Gasteiger partial charge is 0.457 e. The Balaban J connectivity index is 1.33. The molecular formula is C22H20N6O4. The molecule has 1 aliphatic rings. The first-order chi connectivity index (χ1) is 15.4. The summed E-state index contributed by atoms with van der Waals surface area (Å²) in [6.45, 7) is 1.54. The fourth-order valence-corrected chi connectivity index (χ4v) is 3.24. The van der Waals surface area contributed by atoms with Gasteiger partial charge in [-0.15, -0.1) is 0 Å². The highest BCUT2D eigenvalue weighted by Gasteiger charge is 2.35. The van der Waals surface area contributed by atoms with Crippen LogP contribution in [-0.2, 0) is 16.1 Å². The lowest BCUT2D eigenvalue weighted by Gasteiger charge is -2.13. The van der Waals surface area contributed by atoms with Crippen LogP contribution in [0, 0.1) is 6.92 Å². The second-order valence-corrected chi connectivity index (χ2v) is 7.15. The molecule has 0 aliphatic carbocycles. The van der Waals surface area contributed by atoms with Crippen molar-refractivity contribution < 1.29 is 19.1 Å². The number of ether oxygens (including phenoxy) is 1. The fraction of sp³-hybridized carbons (Fsp3) is 0.182. The summed E-state index contributed by atoms with van der Waals surface area (Å²) in [5.74, 6) is -1.07. The molecule has 1 aromatic heterocycles. The van der Waals surface area contributed by atoms with Gasteiger partial charge in [-0.3, -0.25) is 19.3 Å². The van der Waals surface area contributed by atoms with E-state index >= 15 is 0 Å². The molecule has 0 bridgehead atoms. The summed E-state index contributed by atoms with van der Waals surface area (Å²) in [4.78, 5) is 50.3. The van der Waals surface area contributed by atoms with Crippen molar-refractivity contribution >= 4 is 35.4 Å². The van der Waals surface area contributed by atoms with E-state index in [-0.39, 0.29) is 37.3 Å². The van der Waals surface area contributed by atoms with Gasteiger partial charge in [-0.2, -0.15) is 15.0 Å². The highest BCUT2D eigenvalue weighted by atomic mass is 16.5. The van der Waals surface area contributed by atoms with E-state index < -0.39 is 17.8 Å². The molecule has 0 atom stereocenters. The standard InChI is InChI=1S/C22H20N6O4/c1-13-7-8-15-16(11-13)20(31)28(19(15)30)10-9-18(29)32-12-17-25-21(23)27-22(26-17)24-14-5-3-2-4-6-14/h2-8,11H,9-10,12H2,1H3,(H3,23,24,25,26,27). The third kappa shape index (κ3) is 4.53. The highest BCUT2D eigenvalue weighted by Crippen LogP contribution is 2.24. The van der Waals surface area contributed by atoms with Crippen molar-refractivity contribution in [3.63, 3.8) is 0 Å². The van der Waals surface area contributed by atoms with Crippen molar-refractivity contribution in [2.75, 3.05) is 17.6 Å². The summed E-state index contributed by atoms with van der Waals surface area (Å²) in [6.07, 6.45) is -0.153. The number of esters is 1. The molecule has 0 saturated carbocycles. The molecule has 3 N–H and O–H groups in total. The summed E-state index contributed by atoms with van der Waals surface area (Å²) >= 11 is 0. The number of amides is 2. The number of carbonyl (C=O) groups excluding carboxylic acids is 3. The van der Waals surface area contributed by atoms with Gasteiger partial charge in [-0.05, 0) is 31.2 Å². The maximum absolute atomic E-state index is 12.5. The third-order valence-corrected chi connectivity index (χ3v) is 4.76. The Morgan fingerprint density at radius 3 is 2.56 bits per heavy atom. The van der Waals surface area contributed by atoms with Crippen molar-refractivity contribution in [2.24, 2.45) is 0 Å². The number of nitrogen functional groups attached to an aromatic ring is 1. The first-order valence-corrected chi connectivity index (χ1v) is 9.85. The number of fused-ring (bicyclic) bond motifs is 1. The van der Waals surface area contributed by atoms with E-state index in [1.807, 2.05) is 37.3 Å². The van der Waals surface area contributed by atoms with Crippen molar-refractivity contribution in [1.82, 2.24) is 19.9 Å². The van der Waals surface area contributed by atoms with E-state index in [1.54, 1.807) is 18.2 Å². The molecule has 0 spiro atoms. The van der Waals surface area contributed by atoms with Crippen LogP contribution in [0.25, 0.3) is 0 Å². The van der Waals surface area contributed by atoms with Crippen LogP contribution < -0.4 is 11.1 Å². The topological polar surface area (TPSA) is 140 Å². The lowest BCUT2D eigenvalue weighted by atomic mass is 10.1. The Bertz CT molecular complexity index is 1200. The predicted octanol–water partition coefficient (Wildman–Crippen LogP) is 2.24. The molecule has 1 aliphatic heterocycles. The van der Waals surface area contributed by atoms with Gasteiger partial charge in [-0.1, -0.05) is 29.8 Å². The number of rotatable bonds is 7. The minimum absolute atomic E-state index is 0.0224. The van der Waals surface area contributed by atoms with Gasteiger partial charge in [0.1, 0.15) is 0 Å². The molecule has 32 heavy (non-hydrogen) atoms. The predicted molar refractivity (Wildman–Crippen MR) is 115 cm³/mol. The van der Waals surface area contributed by atoms with Crippen LogP contribution in [0.15, 0.2) is 48.5 Å². The third-order valence-electron chi connectivity index (χ3n) is 4.76. The molecular weight excluding hydrogens is 412 g/mol. The van der Waals surface area contributed by atoms with Crippen LogP contribution in [0.4, 0.5) is 17.6 Å². The van der Waals surface area contributed by atoms with Crippen molar-refractivity contribution in [1.29, 1.82) is 0 Å². The number of nitrogens with zero attached hydrogens (tertiary/aromatic N) is 4. The van der Waals surface area contributed by atoms with Gasteiger partial charge in [0.2, 0.25) is 11.9 Å². The lowest BCUT2D eigenvalue weighted by Crippen LogP contribution is -2.32. The Labute approximate surface area is 183 Å². The van der Waals surface area contributed by atoms with Gasteiger partial charge >= 0.3 is 5.97 Å². The number of para-hydroxylation sites is 1. The van der Waals surface area contributed by atoms with Gasteiger partial charge in [0.15, 0.2) is 12.4 Å². The molecule has 4 rings (SSSR count). The van der Waals surface area contributed by atoms with Gasteiger partial charge in [0, 0.05) is 12.2 Å². The minimum atomic E-state index is -0.603.